The minimum atomic E-state index is -1.27. The van der Waals surface area contributed by atoms with Crippen LogP contribution in [0.1, 0.15) is 49.1 Å². The summed E-state index contributed by atoms with van der Waals surface area (Å²) in [6.45, 7) is 0.410. The van der Waals surface area contributed by atoms with Crippen molar-refractivity contribution in [1.82, 2.24) is 9.80 Å². The Morgan fingerprint density at radius 2 is 1.67 bits per heavy atom. The number of hydrogen-bond donors (Lipinski definition) is 2. The first-order valence-electron chi connectivity index (χ1n) is 11.3. The number of halogens is 2. The van der Waals surface area contributed by atoms with Crippen molar-refractivity contribution >= 4 is 11.9 Å². The molecule has 0 aromatic heterocycles. The molecule has 2 fully saturated rings. The quantitative estimate of drug-likeness (QED) is 0.587. The summed E-state index contributed by atoms with van der Waals surface area (Å²) >= 11 is 0. The number of hydrogen-bond acceptors (Lipinski definition) is 4. The van der Waals surface area contributed by atoms with Gasteiger partial charge in [0.2, 0.25) is 5.91 Å². The maximum absolute atomic E-state index is 14.2. The van der Waals surface area contributed by atoms with Gasteiger partial charge in [-0.1, -0.05) is 18.2 Å². The number of benzene rings is 2. The summed E-state index contributed by atoms with van der Waals surface area (Å²) in [6.07, 6.45) is 3.22. The molecule has 1 unspecified atom stereocenters. The van der Waals surface area contributed by atoms with E-state index in [2.05, 4.69) is 4.90 Å². The first-order chi connectivity index (χ1) is 15.8. The molecular formula is C25H28F2N2O4. The molecule has 176 valence electrons. The summed E-state index contributed by atoms with van der Waals surface area (Å²) in [7, 11) is 0. The Morgan fingerprint density at radius 1 is 1.03 bits per heavy atom. The van der Waals surface area contributed by atoms with Crippen LogP contribution >= 0.6 is 0 Å². The maximum atomic E-state index is 14.2. The molecule has 8 heteroatoms. The van der Waals surface area contributed by atoms with Crippen LogP contribution in [-0.4, -0.2) is 57.1 Å². The Bertz CT molecular complexity index is 997. The molecule has 2 aliphatic rings. The van der Waals surface area contributed by atoms with Crippen molar-refractivity contribution in [3.63, 3.8) is 0 Å². The molecule has 3 atom stereocenters. The van der Waals surface area contributed by atoms with E-state index in [4.69, 9.17) is 5.11 Å². The zero-order valence-corrected chi connectivity index (χ0v) is 18.3. The lowest BCUT2D eigenvalue weighted by Gasteiger charge is -2.40. The standard InChI is InChI=1S/C25H28F2N2O4/c26-22-5-2-6-23(27)21(22)15-28(24(31)14-25(32)33)9-10-29-18-7-8-19(29)12-17(11-18)16-3-1-4-20(30)13-16/h1-6,13,17-19,30H,7-12,14-15H2,(H,32,33)/t17?,18-,19+. The molecule has 2 heterocycles. The zero-order chi connectivity index (χ0) is 23.5. The van der Waals surface area contributed by atoms with E-state index in [1.54, 1.807) is 6.07 Å². The lowest BCUT2D eigenvalue weighted by atomic mass is 9.85. The number of amides is 1. The van der Waals surface area contributed by atoms with Crippen molar-refractivity contribution in [1.29, 1.82) is 0 Å². The van der Waals surface area contributed by atoms with Crippen molar-refractivity contribution in [2.75, 3.05) is 13.1 Å². The second kappa shape index (κ2) is 9.87. The second-order valence-corrected chi connectivity index (χ2v) is 8.97. The molecule has 2 aromatic carbocycles. The lowest BCUT2D eigenvalue weighted by Crippen LogP contribution is -2.47. The van der Waals surface area contributed by atoms with E-state index >= 15 is 0 Å². The Morgan fingerprint density at radius 3 is 2.27 bits per heavy atom. The number of piperidine rings is 1. The third kappa shape index (κ3) is 5.33. The Kier molecular flexibility index (Phi) is 6.93. The van der Waals surface area contributed by atoms with Gasteiger partial charge in [0, 0.05) is 30.7 Å². The van der Waals surface area contributed by atoms with Gasteiger partial charge in [0.1, 0.15) is 23.8 Å². The Labute approximate surface area is 191 Å². The average molecular weight is 459 g/mol. The predicted molar refractivity (Wildman–Crippen MR) is 118 cm³/mol. The molecule has 4 rings (SSSR count). The number of aliphatic carboxylic acids is 1. The first-order valence-corrected chi connectivity index (χ1v) is 11.3. The second-order valence-electron chi connectivity index (χ2n) is 8.97. The highest BCUT2D eigenvalue weighted by Crippen LogP contribution is 2.43. The third-order valence-corrected chi connectivity index (χ3v) is 6.92. The number of aromatic hydroxyl groups is 1. The number of fused-ring (bicyclic) bond motifs is 2. The molecule has 6 nitrogen and oxygen atoms in total. The fraction of sp³-hybridized carbons (Fsp3) is 0.440. The molecule has 0 saturated carbocycles. The van der Waals surface area contributed by atoms with Crippen molar-refractivity contribution < 1.29 is 28.6 Å². The minimum absolute atomic E-state index is 0.198. The van der Waals surface area contributed by atoms with Crippen LogP contribution in [-0.2, 0) is 16.1 Å². The fourth-order valence-corrected chi connectivity index (χ4v) is 5.33. The minimum Gasteiger partial charge on any atom is -0.508 e. The summed E-state index contributed by atoms with van der Waals surface area (Å²) in [4.78, 5) is 27.2. The topological polar surface area (TPSA) is 81.1 Å². The number of carboxylic acid groups (broad SMARTS) is 1. The number of phenolic OH excluding ortho intramolecular Hbond substituents is 1. The molecule has 0 aliphatic carbocycles. The van der Waals surface area contributed by atoms with E-state index in [1.807, 2.05) is 18.2 Å². The smallest absolute Gasteiger partial charge is 0.312 e. The van der Waals surface area contributed by atoms with E-state index in [0.29, 0.717) is 24.5 Å². The van der Waals surface area contributed by atoms with Crippen LogP contribution in [0.25, 0.3) is 0 Å². The summed E-state index contributed by atoms with van der Waals surface area (Å²) in [5.74, 6) is -2.83. The van der Waals surface area contributed by atoms with Gasteiger partial charge in [-0.15, -0.1) is 0 Å². The summed E-state index contributed by atoms with van der Waals surface area (Å²) in [5.41, 5.74) is 0.890. The van der Waals surface area contributed by atoms with E-state index in [0.717, 1.165) is 43.4 Å². The number of rotatable bonds is 8. The molecule has 0 radical (unpaired) electrons. The lowest BCUT2D eigenvalue weighted by molar-refractivity contribution is -0.144. The van der Waals surface area contributed by atoms with Crippen LogP contribution in [0.5, 0.6) is 5.75 Å². The average Bonchev–Trinajstić information content (AvgIpc) is 2.99. The van der Waals surface area contributed by atoms with Crippen LogP contribution in [0.3, 0.4) is 0 Å². The van der Waals surface area contributed by atoms with Crippen molar-refractivity contribution in [2.24, 2.45) is 0 Å². The van der Waals surface area contributed by atoms with Crippen LogP contribution in [0.15, 0.2) is 42.5 Å². The summed E-state index contributed by atoms with van der Waals surface area (Å²) in [5, 5.41) is 18.9. The van der Waals surface area contributed by atoms with Gasteiger partial charge < -0.3 is 15.1 Å². The summed E-state index contributed by atoms with van der Waals surface area (Å²) < 4.78 is 28.4. The Hall–Kier alpha value is -3.00. The highest BCUT2D eigenvalue weighted by atomic mass is 19.1. The highest BCUT2D eigenvalue weighted by molar-refractivity contribution is 5.93. The molecule has 1 amide bonds. The molecular weight excluding hydrogens is 430 g/mol. The number of carbonyl (C=O) groups is 2. The van der Waals surface area contributed by atoms with Gasteiger partial charge in [0.15, 0.2) is 0 Å². The van der Waals surface area contributed by atoms with E-state index in [9.17, 15) is 23.5 Å². The third-order valence-electron chi connectivity index (χ3n) is 6.92. The predicted octanol–water partition coefficient (Wildman–Crippen LogP) is 3.88. The van der Waals surface area contributed by atoms with Gasteiger partial charge in [-0.05, 0) is 61.4 Å². The van der Waals surface area contributed by atoms with Gasteiger partial charge >= 0.3 is 5.97 Å². The molecule has 0 spiro atoms. The molecule has 2 aliphatic heterocycles. The van der Waals surface area contributed by atoms with Crippen molar-refractivity contribution in [2.45, 2.75) is 56.7 Å². The molecule has 2 N–H and O–H groups in total. The van der Waals surface area contributed by atoms with Gasteiger partial charge in [-0.25, -0.2) is 8.78 Å². The Balaban J connectivity index is 1.44. The van der Waals surface area contributed by atoms with Gasteiger partial charge in [0.25, 0.3) is 0 Å². The van der Waals surface area contributed by atoms with Crippen LogP contribution in [0, 0.1) is 11.6 Å². The largest absolute Gasteiger partial charge is 0.508 e. The van der Waals surface area contributed by atoms with Crippen LogP contribution in [0.2, 0.25) is 0 Å². The molecule has 2 aromatic rings. The number of carboxylic acids is 1. The van der Waals surface area contributed by atoms with Gasteiger partial charge in [0.05, 0.1) is 6.54 Å². The number of nitrogens with zero attached hydrogens (tertiary/aromatic N) is 2. The monoisotopic (exact) mass is 458 g/mol. The SMILES string of the molecule is O=C(O)CC(=O)N(CCN1[C@@H]2CC[C@H]1CC(c1cccc(O)c1)C2)Cc1c(F)cccc1F. The van der Waals surface area contributed by atoms with Gasteiger partial charge in [-0.3, -0.25) is 14.5 Å². The van der Waals surface area contributed by atoms with Crippen molar-refractivity contribution in [3.05, 3.63) is 65.2 Å². The molecule has 33 heavy (non-hydrogen) atoms. The summed E-state index contributed by atoms with van der Waals surface area (Å²) in [6, 6.07) is 11.5. The molecule has 2 bridgehead atoms. The molecule has 2 saturated heterocycles. The highest BCUT2D eigenvalue weighted by Gasteiger charge is 2.41. The van der Waals surface area contributed by atoms with E-state index in [1.165, 1.54) is 11.0 Å². The van der Waals surface area contributed by atoms with Gasteiger partial charge in [-0.2, -0.15) is 0 Å². The number of phenols is 1. The van der Waals surface area contributed by atoms with Crippen LogP contribution < -0.4 is 0 Å². The maximum Gasteiger partial charge on any atom is 0.312 e. The van der Waals surface area contributed by atoms with E-state index in [-0.39, 0.29) is 24.4 Å². The number of carbonyl (C=O) groups excluding carboxylic acids is 1. The van der Waals surface area contributed by atoms with E-state index < -0.39 is 29.9 Å². The van der Waals surface area contributed by atoms with Crippen LogP contribution in [0.4, 0.5) is 8.78 Å². The first kappa shape index (κ1) is 23.2. The fourth-order valence-electron chi connectivity index (χ4n) is 5.33. The zero-order valence-electron chi connectivity index (χ0n) is 18.3. The normalized spacial score (nSPS) is 22.3. The van der Waals surface area contributed by atoms with Crippen molar-refractivity contribution in [3.8, 4) is 5.75 Å².